The lowest BCUT2D eigenvalue weighted by molar-refractivity contribution is 0.418. The minimum absolute atomic E-state index is 0.715. The van der Waals surface area contributed by atoms with Gasteiger partial charge in [-0.2, -0.15) is 25.3 Å². The van der Waals surface area contributed by atoms with Crippen molar-refractivity contribution in [1.29, 1.82) is 0 Å². The summed E-state index contributed by atoms with van der Waals surface area (Å²) >= 11 is 9.12. The van der Waals surface area contributed by atoms with Gasteiger partial charge < -0.3 is 4.74 Å². The fourth-order valence-electron chi connectivity index (χ4n) is 2.93. The Morgan fingerprint density at radius 3 is 1.60 bits per heavy atom. The second-order valence-corrected chi connectivity index (χ2v) is 8.33. The lowest BCUT2D eigenvalue weighted by atomic mass is 10.2. The highest BCUT2D eigenvalue weighted by molar-refractivity contribution is 7.81. The minimum atomic E-state index is -0.749. The summed E-state index contributed by atoms with van der Waals surface area (Å²) in [6, 6.07) is 25.5. The van der Waals surface area contributed by atoms with E-state index >= 15 is 0 Å². The molecule has 0 fully saturated rings. The molecule has 0 radical (unpaired) electrons. The molecule has 1 nitrogen and oxygen atoms in total. The molecule has 128 valence electrons. The number of benzene rings is 3. The second-order valence-electron chi connectivity index (χ2n) is 5.58. The first-order valence-electron chi connectivity index (χ1n) is 8.10. The molecule has 0 unspecified atom stereocenters. The predicted octanol–water partition coefficient (Wildman–Crippen LogP) is 4.31. The normalized spacial score (nSPS) is 10.9. The van der Waals surface area contributed by atoms with E-state index in [-0.39, 0.29) is 0 Å². The van der Waals surface area contributed by atoms with E-state index in [0.717, 1.165) is 5.75 Å². The summed E-state index contributed by atoms with van der Waals surface area (Å²) in [5.41, 5.74) is 2.52. The molecule has 0 atom stereocenters. The molecule has 3 rings (SSSR count). The Morgan fingerprint density at radius 1 is 0.680 bits per heavy atom. The molecule has 0 N–H and O–H groups in total. The first-order chi connectivity index (χ1) is 12.3. The zero-order valence-electron chi connectivity index (χ0n) is 14.1. The van der Waals surface area contributed by atoms with Gasteiger partial charge in [0.15, 0.2) is 0 Å². The fourth-order valence-corrected chi connectivity index (χ4v) is 6.48. The van der Waals surface area contributed by atoms with Crippen molar-refractivity contribution in [1.82, 2.24) is 0 Å². The molecule has 4 heteroatoms. The molecule has 0 aliphatic heterocycles. The summed E-state index contributed by atoms with van der Waals surface area (Å²) in [6.45, 7) is 0. The molecular formula is C21H21OPS2. The summed E-state index contributed by atoms with van der Waals surface area (Å²) in [5.74, 6) is 2.36. The maximum Gasteiger partial charge on any atom is 0.127 e. The van der Waals surface area contributed by atoms with E-state index in [1.54, 1.807) is 7.11 Å². The third kappa shape index (κ3) is 3.89. The van der Waals surface area contributed by atoms with E-state index in [0.29, 0.717) is 11.5 Å². The standard InChI is InChI=1S/C21H21OPS2/c1-22-18-10-4-7-13-21(18)23(19-11-5-2-8-16(19)14-24)20-12-6-3-9-17(20)15-25/h2-13,24-25H,14-15H2,1H3. The fraction of sp³-hybridized carbons (Fsp3) is 0.143. The van der Waals surface area contributed by atoms with Crippen molar-refractivity contribution in [2.75, 3.05) is 7.11 Å². The van der Waals surface area contributed by atoms with Crippen LogP contribution in [0, 0.1) is 0 Å². The summed E-state index contributed by atoms with van der Waals surface area (Å²) in [5, 5.41) is 3.88. The Morgan fingerprint density at radius 2 is 1.12 bits per heavy atom. The molecule has 25 heavy (non-hydrogen) atoms. The molecule has 0 aromatic heterocycles. The van der Waals surface area contributed by atoms with E-state index in [1.165, 1.54) is 27.0 Å². The number of para-hydroxylation sites is 1. The van der Waals surface area contributed by atoms with Crippen molar-refractivity contribution in [3.05, 3.63) is 83.9 Å². The monoisotopic (exact) mass is 384 g/mol. The highest BCUT2D eigenvalue weighted by atomic mass is 32.1. The molecule has 0 saturated carbocycles. The SMILES string of the molecule is COc1ccccc1P(c1ccccc1CS)c1ccccc1CS. The second kappa shape index (κ2) is 8.80. The largest absolute Gasteiger partial charge is 0.496 e. The molecule has 3 aromatic rings. The summed E-state index contributed by atoms with van der Waals surface area (Å²) in [7, 11) is 0.989. The van der Waals surface area contributed by atoms with Crippen LogP contribution in [0.25, 0.3) is 0 Å². The quantitative estimate of drug-likeness (QED) is 0.476. The van der Waals surface area contributed by atoms with Crippen molar-refractivity contribution in [2.24, 2.45) is 0 Å². The van der Waals surface area contributed by atoms with Crippen LogP contribution in [0.15, 0.2) is 72.8 Å². The molecule has 3 aromatic carbocycles. The smallest absolute Gasteiger partial charge is 0.127 e. The Hall–Kier alpha value is -1.41. The number of ether oxygens (including phenoxy) is 1. The first kappa shape index (κ1) is 18.4. The van der Waals surface area contributed by atoms with Crippen molar-refractivity contribution < 1.29 is 4.74 Å². The van der Waals surface area contributed by atoms with Crippen LogP contribution >= 0.6 is 33.2 Å². The van der Waals surface area contributed by atoms with Crippen LogP contribution in [0.2, 0.25) is 0 Å². The van der Waals surface area contributed by atoms with Crippen LogP contribution in [0.4, 0.5) is 0 Å². The number of rotatable bonds is 6. The summed E-state index contributed by atoms with van der Waals surface area (Å²) < 4.78 is 5.69. The Bertz CT molecular complexity index is 738. The van der Waals surface area contributed by atoms with Gasteiger partial charge in [0.05, 0.1) is 7.11 Å². The maximum absolute atomic E-state index is 5.69. The Kier molecular flexibility index (Phi) is 6.47. The van der Waals surface area contributed by atoms with Crippen LogP contribution in [0.1, 0.15) is 11.1 Å². The molecule has 0 spiro atoms. The molecular weight excluding hydrogens is 363 g/mol. The van der Waals surface area contributed by atoms with Crippen LogP contribution in [-0.2, 0) is 11.5 Å². The van der Waals surface area contributed by atoms with Gasteiger partial charge in [0.2, 0.25) is 0 Å². The average molecular weight is 385 g/mol. The van der Waals surface area contributed by atoms with Crippen molar-refractivity contribution >= 4 is 49.1 Å². The van der Waals surface area contributed by atoms with E-state index in [1.807, 2.05) is 12.1 Å². The maximum atomic E-state index is 5.69. The third-order valence-electron chi connectivity index (χ3n) is 4.13. The van der Waals surface area contributed by atoms with Crippen LogP contribution in [-0.4, -0.2) is 7.11 Å². The van der Waals surface area contributed by atoms with Crippen molar-refractivity contribution in [3.8, 4) is 5.75 Å². The van der Waals surface area contributed by atoms with Gasteiger partial charge in [-0.3, -0.25) is 0 Å². The van der Waals surface area contributed by atoms with Gasteiger partial charge >= 0.3 is 0 Å². The third-order valence-corrected chi connectivity index (χ3v) is 7.50. The van der Waals surface area contributed by atoms with Crippen molar-refractivity contribution in [2.45, 2.75) is 11.5 Å². The van der Waals surface area contributed by atoms with E-state index in [4.69, 9.17) is 4.74 Å². The first-order valence-corrected chi connectivity index (χ1v) is 10.7. The highest BCUT2D eigenvalue weighted by Crippen LogP contribution is 2.39. The number of hydrogen-bond donors (Lipinski definition) is 2. The minimum Gasteiger partial charge on any atom is -0.496 e. The molecule has 0 heterocycles. The van der Waals surface area contributed by atoms with Gasteiger partial charge in [-0.15, -0.1) is 0 Å². The topological polar surface area (TPSA) is 9.23 Å². The van der Waals surface area contributed by atoms with Gasteiger partial charge in [0, 0.05) is 16.8 Å². The van der Waals surface area contributed by atoms with Crippen LogP contribution in [0.3, 0.4) is 0 Å². The van der Waals surface area contributed by atoms with Gasteiger partial charge in [-0.25, -0.2) is 0 Å². The predicted molar refractivity (Wildman–Crippen MR) is 117 cm³/mol. The molecule has 0 amide bonds. The Balaban J connectivity index is 2.29. The van der Waals surface area contributed by atoms with Gasteiger partial charge in [-0.1, -0.05) is 66.7 Å². The van der Waals surface area contributed by atoms with Gasteiger partial charge in [0.1, 0.15) is 5.75 Å². The zero-order valence-corrected chi connectivity index (χ0v) is 16.8. The van der Waals surface area contributed by atoms with E-state index in [9.17, 15) is 0 Å². The number of methoxy groups -OCH3 is 1. The molecule has 0 saturated heterocycles. The lowest BCUT2D eigenvalue weighted by Gasteiger charge is -2.25. The summed E-state index contributed by atoms with van der Waals surface area (Å²) in [6.07, 6.45) is 0. The summed E-state index contributed by atoms with van der Waals surface area (Å²) in [4.78, 5) is 0. The van der Waals surface area contributed by atoms with E-state index < -0.39 is 7.92 Å². The lowest BCUT2D eigenvalue weighted by Crippen LogP contribution is -2.26. The van der Waals surface area contributed by atoms with Crippen LogP contribution in [0.5, 0.6) is 5.75 Å². The Labute approximate surface area is 162 Å². The number of hydrogen-bond acceptors (Lipinski definition) is 3. The van der Waals surface area contributed by atoms with Gasteiger partial charge in [-0.05, 0) is 35.7 Å². The molecule has 0 bridgehead atoms. The van der Waals surface area contributed by atoms with Crippen LogP contribution < -0.4 is 20.7 Å². The molecule has 0 aliphatic carbocycles. The van der Waals surface area contributed by atoms with Crippen molar-refractivity contribution in [3.63, 3.8) is 0 Å². The average Bonchev–Trinajstić information content (AvgIpc) is 2.69. The van der Waals surface area contributed by atoms with Gasteiger partial charge in [0.25, 0.3) is 0 Å². The zero-order chi connectivity index (χ0) is 17.6. The molecule has 0 aliphatic rings. The highest BCUT2D eigenvalue weighted by Gasteiger charge is 2.23. The number of thiol groups is 2. The van der Waals surface area contributed by atoms with E-state index in [2.05, 4.69) is 85.9 Å².